The SMILES string of the molecule is COc1ccc(CC(=O)Nc2ccc3c(c2)[C@H]2O[C@H]2C3(C)C)cc1. The van der Waals surface area contributed by atoms with Gasteiger partial charge in [-0.25, -0.2) is 0 Å². The van der Waals surface area contributed by atoms with Gasteiger partial charge in [0.25, 0.3) is 0 Å². The Balaban J connectivity index is 1.46. The third-order valence-electron chi connectivity index (χ3n) is 5.06. The number of hydrogen-bond acceptors (Lipinski definition) is 3. The summed E-state index contributed by atoms with van der Waals surface area (Å²) in [7, 11) is 1.63. The summed E-state index contributed by atoms with van der Waals surface area (Å²) >= 11 is 0. The quantitative estimate of drug-likeness (QED) is 0.875. The molecule has 4 nitrogen and oxygen atoms in total. The van der Waals surface area contributed by atoms with Gasteiger partial charge in [-0.05, 0) is 41.0 Å². The highest BCUT2D eigenvalue weighted by molar-refractivity contribution is 5.92. The van der Waals surface area contributed by atoms with Crippen LogP contribution in [0.2, 0.25) is 0 Å². The fraction of sp³-hybridized carbons (Fsp3) is 0.350. The van der Waals surface area contributed by atoms with E-state index in [4.69, 9.17) is 9.47 Å². The third kappa shape index (κ3) is 2.47. The summed E-state index contributed by atoms with van der Waals surface area (Å²) in [5.74, 6) is 0.769. The molecule has 1 aliphatic heterocycles. The number of fused-ring (bicyclic) bond motifs is 3. The summed E-state index contributed by atoms with van der Waals surface area (Å²) in [6, 6.07) is 13.7. The van der Waals surface area contributed by atoms with Gasteiger partial charge >= 0.3 is 0 Å². The topological polar surface area (TPSA) is 50.9 Å². The van der Waals surface area contributed by atoms with Crippen molar-refractivity contribution >= 4 is 11.6 Å². The molecule has 4 rings (SSSR count). The van der Waals surface area contributed by atoms with Crippen LogP contribution >= 0.6 is 0 Å². The van der Waals surface area contributed by atoms with Gasteiger partial charge in [-0.1, -0.05) is 32.0 Å². The van der Waals surface area contributed by atoms with Crippen LogP contribution in [0.4, 0.5) is 5.69 Å². The largest absolute Gasteiger partial charge is 0.497 e. The maximum atomic E-state index is 12.3. The van der Waals surface area contributed by atoms with E-state index in [-0.39, 0.29) is 23.5 Å². The second-order valence-corrected chi connectivity index (χ2v) is 7.07. The van der Waals surface area contributed by atoms with Crippen LogP contribution in [-0.4, -0.2) is 19.1 Å². The zero-order valence-corrected chi connectivity index (χ0v) is 14.1. The van der Waals surface area contributed by atoms with Crippen molar-refractivity contribution in [3.8, 4) is 5.75 Å². The van der Waals surface area contributed by atoms with Crippen molar-refractivity contribution in [3.05, 3.63) is 59.2 Å². The summed E-state index contributed by atoms with van der Waals surface area (Å²) < 4.78 is 10.9. The van der Waals surface area contributed by atoms with Crippen LogP contribution in [0, 0.1) is 0 Å². The standard InChI is InChI=1S/C20H21NO3/c1-20(2)16-9-6-13(11-15(16)18-19(20)24-18)21-17(22)10-12-4-7-14(23-3)8-5-12/h4-9,11,18-19H,10H2,1-3H3,(H,21,22)/t18-,19-/m1/s1. The summed E-state index contributed by atoms with van der Waals surface area (Å²) in [4.78, 5) is 12.3. The molecule has 1 aliphatic carbocycles. The molecule has 2 aromatic carbocycles. The fourth-order valence-electron chi connectivity index (χ4n) is 3.65. The number of carbonyl (C=O) groups is 1. The Morgan fingerprint density at radius 2 is 1.96 bits per heavy atom. The number of hydrogen-bond donors (Lipinski definition) is 1. The average molecular weight is 323 g/mol. The predicted molar refractivity (Wildman–Crippen MR) is 92.4 cm³/mol. The van der Waals surface area contributed by atoms with E-state index in [0.717, 1.165) is 17.0 Å². The normalized spacial score (nSPS) is 22.5. The van der Waals surface area contributed by atoms with Gasteiger partial charge < -0.3 is 14.8 Å². The molecular formula is C20H21NO3. The Morgan fingerprint density at radius 3 is 2.67 bits per heavy atom. The Morgan fingerprint density at radius 1 is 1.21 bits per heavy atom. The van der Waals surface area contributed by atoms with Gasteiger partial charge in [0.1, 0.15) is 11.9 Å². The molecule has 0 saturated carbocycles. The Hall–Kier alpha value is -2.33. The lowest BCUT2D eigenvalue weighted by Gasteiger charge is -2.21. The van der Waals surface area contributed by atoms with Crippen molar-refractivity contribution in [2.45, 2.75) is 37.9 Å². The number of amides is 1. The smallest absolute Gasteiger partial charge is 0.228 e. The number of methoxy groups -OCH3 is 1. The van der Waals surface area contributed by atoms with Gasteiger partial charge in [0.05, 0.1) is 19.6 Å². The van der Waals surface area contributed by atoms with E-state index in [2.05, 4.69) is 31.3 Å². The van der Waals surface area contributed by atoms with Crippen LogP contribution < -0.4 is 10.1 Å². The highest BCUT2D eigenvalue weighted by Crippen LogP contribution is 2.58. The number of ether oxygens (including phenoxy) is 2. The summed E-state index contributed by atoms with van der Waals surface area (Å²) in [5, 5.41) is 2.99. The molecule has 2 atom stereocenters. The van der Waals surface area contributed by atoms with Crippen molar-refractivity contribution < 1.29 is 14.3 Å². The second kappa shape index (κ2) is 5.35. The molecule has 1 N–H and O–H groups in total. The Labute approximate surface area is 141 Å². The average Bonchev–Trinajstić information content (AvgIpc) is 3.33. The van der Waals surface area contributed by atoms with Gasteiger partial charge in [0.2, 0.25) is 5.91 Å². The molecule has 0 bridgehead atoms. The van der Waals surface area contributed by atoms with Gasteiger partial charge in [0.15, 0.2) is 0 Å². The van der Waals surface area contributed by atoms with Crippen molar-refractivity contribution in [1.29, 1.82) is 0 Å². The van der Waals surface area contributed by atoms with Crippen molar-refractivity contribution in [2.24, 2.45) is 0 Å². The minimum Gasteiger partial charge on any atom is -0.497 e. The van der Waals surface area contributed by atoms with Crippen LogP contribution in [0.15, 0.2) is 42.5 Å². The van der Waals surface area contributed by atoms with E-state index in [1.165, 1.54) is 11.1 Å². The van der Waals surface area contributed by atoms with E-state index in [0.29, 0.717) is 6.42 Å². The number of rotatable bonds is 4. The first kappa shape index (κ1) is 15.2. The van der Waals surface area contributed by atoms with Crippen molar-refractivity contribution in [3.63, 3.8) is 0 Å². The van der Waals surface area contributed by atoms with E-state index in [9.17, 15) is 4.79 Å². The molecular weight excluding hydrogens is 302 g/mol. The van der Waals surface area contributed by atoms with E-state index < -0.39 is 0 Å². The molecule has 2 aliphatic rings. The van der Waals surface area contributed by atoms with Crippen molar-refractivity contribution in [2.75, 3.05) is 12.4 Å². The molecule has 0 radical (unpaired) electrons. The van der Waals surface area contributed by atoms with E-state index in [1.54, 1.807) is 7.11 Å². The monoisotopic (exact) mass is 323 g/mol. The minimum atomic E-state index is -0.0226. The van der Waals surface area contributed by atoms with Crippen LogP contribution in [0.3, 0.4) is 0 Å². The van der Waals surface area contributed by atoms with Gasteiger partial charge in [-0.15, -0.1) is 0 Å². The zero-order valence-electron chi connectivity index (χ0n) is 14.1. The first-order chi connectivity index (χ1) is 11.5. The number of nitrogens with one attached hydrogen (secondary N) is 1. The summed E-state index contributed by atoms with van der Waals surface area (Å²) in [5.41, 5.74) is 4.40. The zero-order chi connectivity index (χ0) is 16.9. The second-order valence-electron chi connectivity index (χ2n) is 7.07. The van der Waals surface area contributed by atoms with E-state index in [1.807, 2.05) is 30.3 Å². The summed E-state index contributed by atoms with van der Waals surface area (Å²) in [6.07, 6.45) is 0.834. The third-order valence-corrected chi connectivity index (χ3v) is 5.06. The molecule has 0 spiro atoms. The highest BCUT2D eigenvalue weighted by atomic mass is 16.6. The lowest BCUT2D eigenvalue weighted by Crippen LogP contribution is -2.21. The van der Waals surface area contributed by atoms with E-state index >= 15 is 0 Å². The Bertz CT molecular complexity index is 795. The van der Waals surface area contributed by atoms with Crippen molar-refractivity contribution in [1.82, 2.24) is 0 Å². The highest BCUT2D eigenvalue weighted by Gasteiger charge is 2.58. The molecule has 1 heterocycles. The molecule has 1 saturated heterocycles. The molecule has 0 unspecified atom stereocenters. The molecule has 124 valence electrons. The lowest BCUT2D eigenvalue weighted by molar-refractivity contribution is -0.115. The van der Waals surface area contributed by atoms with Crippen LogP contribution in [0.5, 0.6) is 5.75 Å². The molecule has 0 aromatic heterocycles. The van der Waals surface area contributed by atoms with Gasteiger partial charge in [-0.3, -0.25) is 4.79 Å². The van der Waals surface area contributed by atoms with Gasteiger partial charge in [0, 0.05) is 11.1 Å². The van der Waals surface area contributed by atoms with Crippen LogP contribution in [0.25, 0.3) is 0 Å². The summed E-state index contributed by atoms with van der Waals surface area (Å²) in [6.45, 7) is 4.43. The minimum absolute atomic E-state index is 0.0226. The number of anilines is 1. The first-order valence-electron chi connectivity index (χ1n) is 8.22. The molecule has 1 fully saturated rings. The molecule has 1 amide bonds. The number of epoxide rings is 1. The molecule has 24 heavy (non-hydrogen) atoms. The lowest BCUT2D eigenvalue weighted by atomic mass is 9.85. The molecule has 2 aromatic rings. The van der Waals surface area contributed by atoms with Gasteiger partial charge in [-0.2, -0.15) is 0 Å². The fourth-order valence-corrected chi connectivity index (χ4v) is 3.65. The first-order valence-corrected chi connectivity index (χ1v) is 8.22. The Kier molecular flexibility index (Phi) is 3.39. The van der Waals surface area contributed by atoms with Crippen LogP contribution in [0.1, 0.15) is 36.6 Å². The maximum Gasteiger partial charge on any atom is 0.228 e. The van der Waals surface area contributed by atoms with Crippen LogP contribution in [-0.2, 0) is 21.4 Å². The maximum absolute atomic E-state index is 12.3. The molecule has 4 heteroatoms. The number of benzene rings is 2. The number of carbonyl (C=O) groups excluding carboxylic acids is 1. The predicted octanol–water partition coefficient (Wildman–Crippen LogP) is 3.61.